The van der Waals surface area contributed by atoms with Crippen molar-refractivity contribution in [2.24, 2.45) is 0 Å². The lowest BCUT2D eigenvalue weighted by Crippen LogP contribution is -2.45. The van der Waals surface area contributed by atoms with Crippen molar-refractivity contribution in [1.82, 2.24) is 19.8 Å². The normalized spacial score (nSPS) is 15.8. The number of hydrogen-bond donors (Lipinski definition) is 2. The number of likely N-dealkylation sites (N-methyl/N-ethyl adjacent to an activating group) is 1. The van der Waals surface area contributed by atoms with E-state index in [0.29, 0.717) is 12.5 Å². The van der Waals surface area contributed by atoms with Gasteiger partial charge in [0.1, 0.15) is 5.82 Å². The van der Waals surface area contributed by atoms with E-state index in [2.05, 4.69) is 37.4 Å². The number of nitrogens with one attached hydrogen (secondary N) is 2. The number of alkyl halides is 3. The number of nitrogens with zero attached hydrogens (tertiary/aromatic N) is 4. The lowest BCUT2D eigenvalue weighted by atomic mass is 10.1. The van der Waals surface area contributed by atoms with Gasteiger partial charge in [0.05, 0.1) is 11.1 Å². The SMILES string of the molecule is CN1CCN(CCNc2nc(NCc3ccc(C(F)(F)F)cc3)nc3ccccc23)CC1. The van der Waals surface area contributed by atoms with Gasteiger partial charge in [-0.25, -0.2) is 4.98 Å². The molecule has 2 aromatic carbocycles. The molecule has 1 fully saturated rings. The molecule has 2 N–H and O–H groups in total. The second kappa shape index (κ2) is 9.70. The summed E-state index contributed by atoms with van der Waals surface area (Å²) in [7, 11) is 2.14. The minimum atomic E-state index is -4.34. The molecule has 0 aliphatic carbocycles. The second-order valence-corrected chi connectivity index (χ2v) is 8.03. The Kier molecular flexibility index (Phi) is 6.76. The predicted octanol–water partition coefficient (Wildman–Crippen LogP) is 3.92. The van der Waals surface area contributed by atoms with Crippen LogP contribution in [0.2, 0.25) is 0 Å². The van der Waals surface area contributed by atoms with E-state index < -0.39 is 11.7 Å². The van der Waals surface area contributed by atoms with Crippen LogP contribution in [0.4, 0.5) is 24.9 Å². The number of benzene rings is 2. The van der Waals surface area contributed by atoms with Gasteiger partial charge in [-0.05, 0) is 36.9 Å². The number of anilines is 2. The van der Waals surface area contributed by atoms with Crippen LogP contribution in [0, 0.1) is 0 Å². The lowest BCUT2D eigenvalue weighted by molar-refractivity contribution is -0.137. The van der Waals surface area contributed by atoms with E-state index in [1.165, 1.54) is 12.1 Å². The van der Waals surface area contributed by atoms with Crippen LogP contribution in [-0.4, -0.2) is 66.1 Å². The molecule has 1 aliphatic rings. The average Bonchev–Trinajstić information content (AvgIpc) is 2.78. The van der Waals surface area contributed by atoms with Crippen LogP contribution < -0.4 is 10.6 Å². The average molecular weight is 445 g/mol. The smallest absolute Gasteiger partial charge is 0.368 e. The molecule has 0 amide bonds. The van der Waals surface area contributed by atoms with E-state index in [-0.39, 0.29) is 0 Å². The maximum atomic E-state index is 12.8. The first-order chi connectivity index (χ1) is 15.4. The highest BCUT2D eigenvalue weighted by molar-refractivity contribution is 5.90. The van der Waals surface area contributed by atoms with Gasteiger partial charge in [-0.15, -0.1) is 0 Å². The number of rotatable bonds is 7. The summed E-state index contributed by atoms with van der Waals surface area (Å²) in [5.74, 6) is 1.19. The summed E-state index contributed by atoms with van der Waals surface area (Å²) in [6.07, 6.45) is -4.34. The summed E-state index contributed by atoms with van der Waals surface area (Å²) in [5, 5.41) is 7.51. The highest BCUT2D eigenvalue weighted by atomic mass is 19.4. The van der Waals surface area contributed by atoms with Gasteiger partial charge in [0, 0.05) is 51.2 Å². The van der Waals surface area contributed by atoms with Gasteiger partial charge in [0.15, 0.2) is 0 Å². The lowest BCUT2D eigenvalue weighted by Gasteiger charge is -2.32. The third kappa shape index (κ3) is 5.66. The summed E-state index contributed by atoms with van der Waals surface area (Å²) in [4.78, 5) is 13.9. The zero-order chi connectivity index (χ0) is 22.6. The van der Waals surface area contributed by atoms with Crippen LogP contribution in [0.3, 0.4) is 0 Å². The summed E-state index contributed by atoms with van der Waals surface area (Å²) in [6, 6.07) is 12.9. The number of fused-ring (bicyclic) bond motifs is 1. The van der Waals surface area contributed by atoms with Crippen molar-refractivity contribution in [3.05, 3.63) is 59.7 Å². The van der Waals surface area contributed by atoms with Crippen molar-refractivity contribution in [3.8, 4) is 0 Å². The van der Waals surface area contributed by atoms with Gasteiger partial charge in [0.2, 0.25) is 5.95 Å². The largest absolute Gasteiger partial charge is 0.416 e. The Morgan fingerprint density at radius 3 is 2.34 bits per heavy atom. The summed E-state index contributed by atoms with van der Waals surface area (Å²) >= 11 is 0. The fourth-order valence-corrected chi connectivity index (χ4v) is 3.69. The first-order valence-electron chi connectivity index (χ1n) is 10.7. The van der Waals surface area contributed by atoms with Crippen LogP contribution in [0.25, 0.3) is 10.9 Å². The maximum Gasteiger partial charge on any atom is 0.416 e. The van der Waals surface area contributed by atoms with E-state index in [4.69, 9.17) is 0 Å². The van der Waals surface area contributed by atoms with Crippen LogP contribution in [-0.2, 0) is 12.7 Å². The van der Waals surface area contributed by atoms with Crippen molar-refractivity contribution in [3.63, 3.8) is 0 Å². The Morgan fingerprint density at radius 1 is 0.906 bits per heavy atom. The Morgan fingerprint density at radius 2 is 1.62 bits per heavy atom. The van der Waals surface area contributed by atoms with E-state index in [9.17, 15) is 13.2 Å². The van der Waals surface area contributed by atoms with Crippen molar-refractivity contribution in [1.29, 1.82) is 0 Å². The van der Waals surface area contributed by atoms with E-state index in [1.807, 2.05) is 24.3 Å². The molecule has 0 bridgehead atoms. The number of hydrogen-bond acceptors (Lipinski definition) is 6. The molecular formula is C23H27F3N6. The molecule has 170 valence electrons. The van der Waals surface area contributed by atoms with Crippen molar-refractivity contribution in [2.75, 3.05) is 56.9 Å². The Bertz CT molecular complexity index is 1030. The molecule has 0 spiro atoms. The Hall–Kier alpha value is -2.91. The quantitative estimate of drug-likeness (QED) is 0.576. The van der Waals surface area contributed by atoms with Crippen molar-refractivity contribution in [2.45, 2.75) is 12.7 Å². The topological polar surface area (TPSA) is 56.3 Å². The van der Waals surface area contributed by atoms with E-state index in [0.717, 1.165) is 73.7 Å². The minimum Gasteiger partial charge on any atom is -0.368 e. The highest BCUT2D eigenvalue weighted by Crippen LogP contribution is 2.29. The Labute approximate surface area is 185 Å². The number of aromatic nitrogens is 2. The molecule has 4 rings (SSSR count). The number of halogens is 3. The van der Waals surface area contributed by atoms with Crippen molar-refractivity contribution >= 4 is 22.7 Å². The highest BCUT2D eigenvalue weighted by Gasteiger charge is 2.29. The molecule has 32 heavy (non-hydrogen) atoms. The molecule has 1 aliphatic heterocycles. The van der Waals surface area contributed by atoms with E-state index in [1.54, 1.807) is 0 Å². The molecule has 0 radical (unpaired) electrons. The first kappa shape index (κ1) is 22.3. The molecule has 1 aromatic heterocycles. The third-order valence-electron chi connectivity index (χ3n) is 5.65. The molecule has 0 unspecified atom stereocenters. The molecule has 9 heteroatoms. The molecule has 1 saturated heterocycles. The summed E-state index contributed by atoms with van der Waals surface area (Å²) in [5.41, 5.74) is 0.869. The fourth-order valence-electron chi connectivity index (χ4n) is 3.69. The Balaban J connectivity index is 1.42. The zero-order valence-corrected chi connectivity index (χ0v) is 18.0. The number of para-hydroxylation sites is 1. The van der Waals surface area contributed by atoms with Gasteiger partial charge >= 0.3 is 6.18 Å². The minimum absolute atomic E-state index is 0.331. The molecule has 6 nitrogen and oxygen atoms in total. The van der Waals surface area contributed by atoms with Gasteiger partial charge in [-0.1, -0.05) is 24.3 Å². The maximum absolute atomic E-state index is 12.8. The molecular weight excluding hydrogens is 417 g/mol. The van der Waals surface area contributed by atoms with Crippen LogP contribution in [0.15, 0.2) is 48.5 Å². The number of piperazine rings is 1. The molecule has 2 heterocycles. The molecule has 3 aromatic rings. The molecule has 0 saturated carbocycles. The fraction of sp³-hybridized carbons (Fsp3) is 0.391. The van der Waals surface area contributed by atoms with Gasteiger partial charge in [-0.2, -0.15) is 18.2 Å². The summed E-state index contributed by atoms with van der Waals surface area (Å²) in [6.45, 7) is 6.30. The van der Waals surface area contributed by atoms with E-state index >= 15 is 0 Å². The van der Waals surface area contributed by atoms with Crippen LogP contribution in [0.5, 0.6) is 0 Å². The first-order valence-corrected chi connectivity index (χ1v) is 10.7. The van der Waals surface area contributed by atoms with Gasteiger partial charge in [0.25, 0.3) is 0 Å². The van der Waals surface area contributed by atoms with Gasteiger partial charge < -0.3 is 15.5 Å². The third-order valence-corrected chi connectivity index (χ3v) is 5.65. The van der Waals surface area contributed by atoms with Crippen molar-refractivity contribution < 1.29 is 13.2 Å². The molecule has 0 atom stereocenters. The second-order valence-electron chi connectivity index (χ2n) is 8.03. The van der Waals surface area contributed by atoms with Crippen LogP contribution >= 0.6 is 0 Å². The summed E-state index contributed by atoms with van der Waals surface area (Å²) < 4.78 is 38.3. The monoisotopic (exact) mass is 444 g/mol. The standard InChI is InChI=1S/C23H27F3N6/c1-31-12-14-32(15-13-31)11-10-27-21-19-4-2-3-5-20(19)29-22(30-21)28-16-17-6-8-18(9-7-17)23(24,25)26/h2-9H,10-16H2,1H3,(H2,27,28,29,30). The van der Waals surface area contributed by atoms with Gasteiger partial charge in [-0.3, -0.25) is 4.90 Å². The van der Waals surface area contributed by atoms with Crippen LogP contribution in [0.1, 0.15) is 11.1 Å². The zero-order valence-electron chi connectivity index (χ0n) is 18.0. The predicted molar refractivity (Wildman–Crippen MR) is 121 cm³/mol.